The van der Waals surface area contributed by atoms with Crippen molar-refractivity contribution >= 4 is 17.5 Å². The van der Waals surface area contributed by atoms with Crippen LogP contribution in [0, 0.1) is 18.3 Å². The molecule has 0 spiro atoms. The number of carbonyl (C=O) groups is 2. The number of anilines is 1. The number of benzene rings is 2. The summed E-state index contributed by atoms with van der Waals surface area (Å²) in [6.07, 6.45) is 0. The first kappa shape index (κ1) is 17.0. The molecule has 0 saturated carbocycles. The van der Waals surface area contributed by atoms with Gasteiger partial charge in [0.1, 0.15) is 5.75 Å². The van der Waals surface area contributed by atoms with E-state index in [9.17, 15) is 9.59 Å². The second-order valence-electron chi connectivity index (χ2n) is 5.12. The van der Waals surface area contributed by atoms with Gasteiger partial charge in [0.05, 0.1) is 18.2 Å². The minimum atomic E-state index is -0.392. The maximum atomic E-state index is 11.8. The third-order valence-electron chi connectivity index (χ3n) is 3.11. The van der Waals surface area contributed by atoms with Gasteiger partial charge in [0, 0.05) is 5.69 Å². The molecule has 6 heteroatoms. The van der Waals surface area contributed by atoms with Crippen molar-refractivity contribution in [3.05, 3.63) is 59.7 Å². The summed E-state index contributed by atoms with van der Waals surface area (Å²) in [6.45, 7) is 1.62. The lowest BCUT2D eigenvalue weighted by molar-refractivity contribution is -0.125. The van der Waals surface area contributed by atoms with Gasteiger partial charge in [0.25, 0.3) is 5.91 Å². The van der Waals surface area contributed by atoms with Crippen molar-refractivity contribution in [1.82, 2.24) is 5.32 Å². The monoisotopic (exact) mass is 323 g/mol. The summed E-state index contributed by atoms with van der Waals surface area (Å²) in [5, 5.41) is 13.9. The lowest BCUT2D eigenvalue weighted by Crippen LogP contribution is -2.35. The van der Waals surface area contributed by atoms with Crippen LogP contribution in [-0.4, -0.2) is 25.0 Å². The van der Waals surface area contributed by atoms with Crippen LogP contribution in [0.15, 0.2) is 48.5 Å². The molecule has 2 N–H and O–H groups in total. The summed E-state index contributed by atoms with van der Waals surface area (Å²) in [7, 11) is 0. The van der Waals surface area contributed by atoms with Crippen molar-refractivity contribution in [2.75, 3.05) is 18.5 Å². The third kappa shape index (κ3) is 5.46. The van der Waals surface area contributed by atoms with E-state index in [0.717, 1.165) is 5.56 Å². The molecule has 0 aliphatic carbocycles. The van der Waals surface area contributed by atoms with E-state index in [4.69, 9.17) is 10.00 Å². The van der Waals surface area contributed by atoms with Crippen molar-refractivity contribution in [3.8, 4) is 11.8 Å². The van der Waals surface area contributed by atoms with Crippen molar-refractivity contribution in [2.24, 2.45) is 0 Å². The van der Waals surface area contributed by atoms with E-state index >= 15 is 0 Å². The zero-order valence-electron chi connectivity index (χ0n) is 13.2. The molecule has 0 radical (unpaired) electrons. The van der Waals surface area contributed by atoms with Gasteiger partial charge in [-0.1, -0.05) is 23.8 Å². The second kappa shape index (κ2) is 8.34. The fraction of sp³-hybridized carbons (Fsp3) is 0.167. The lowest BCUT2D eigenvalue weighted by atomic mass is 10.2. The Morgan fingerprint density at radius 3 is 2.58 bits per heavy atom. The number of nitrogens with zero attached hydrogens (tertiary/aromatic N) is 1. The van der Waals surface area contributed by atoms with Crippen LogP contribution in [0.5, 0.6) is 5.75 Å². The Hall–Kier alpha value is -3.33. The van der Waals surface area contributed by atoms with Crippen LogP contribution in [-0.2, 0) is 9.59 Å². The molecule has 0 atom stereocenters. The van der Waals surface area contributed by atoms with Gasteiger partial charge in [0.2, 0.25) is 5.91 Å². The second-order valence-corrected chi connectivity index (χ2v) is 5.12. The van der Waals surface area contributed by atoms with E-state index in [1.165, 1.54) is 0 Å². The average molecular weight is 323 g/mol. The number of hydrogen-bond donors (Lipinski definition) is 2. The Kier molecular flexibility index (Phi) is 5.92. The normalized spacial score (nSPS) is 9.67. The molecular weight excluding hydrogens is 306 g/mol. The third-order valence-corrected chi connectivity index (χ3v) is 3.11. The van der Waals surface area contributed by atoms with Gasteiger partial charge in [-0.2, -0.15) is 5.26 Å². The first-order valence-corrected chi connectivity index (χ1v) is 7.33. The topological polar surface area (TPSA) is 91.2 Å². The molecule has 2 aromatic rings. The van der Waals surface area contributed by atoms with Gasteiger partial charge in [0.15, 0.2) is 6.61 Å². The minimum absolute atomic E-state index is 0.166. The molecule has 0 aliphatic rings. The van der Waals surface area contributed by atoms with Crippen LogP contribution in [0.2, 0.25) is 0 Å². The number of ether oxygens (including phenoxy) is 1. The number of rotatable bonds is 6. The number of amides is 2. The molecule has 0 aromatic heterocycles. The standard InChI is InChI=1S/C18H17N3O3/c1-13-5-7-16(8-6-13)24-12-18(23)20-11-17(22)21-15-4-2-3-14(9-15)10-19/h2-9H,11-12H2,1H3,(H,20,23)(H,21,22). The van der Waals surface area contributed by atoms with Gasteiger partial charge in [-0.25, -0.2) is 0 Å². The molecule has 2 amide bonds. The van der Waals surface area contributed by atoms with Crippen molar-refractivity contribution in [3.63, 3.8) is 0 Å². The Morgan fingerprint density at radius 1 is 1.12 bits per heavy atom. The van der Waals surface area contributed by atoms with E-state index in [-0.39, 0.29) is 19.1 Å². The van der Waals surface area contributed by atoms with Crippen LogP contribution < -0.4 is 15.4 Å². The van der Waals surface area contributed by atoms with E-state index in [2.05, 4.69) is 10.6 Å². The van der Waals surface area contributed by atoms with E-state index < -0.39 is 5.91 Å². The lowest BCUT2D eigenvalue weighted by Gasteiger charge is -2.08. The first-order chi connectivity index (χ1) is 11.6. The number of nitriles is 1. The Balaban J connectivity index is 1.73. The zero-order valence-corrected chi connectivity index (χ0v) is 13.2. The molecule has 0 bridgehead atoms. The summed E-state index contributed by atoms with van der Waals surface area (Å²) in [4.78, 5) is 23.5. The highest BCUT2D eigenvalue weighted by Gasteiger charge is 2.07. The number of nitrogens with one attached hydrogen (secondary N) is 2. The van der Waals surface area contributed by atoms with E-state index in [1.807, 2.05) is 25.1 Å². The molecule has 0 fully saturated rings. The van der Waals surface area contributed by atoms with Gasteiger partial charge in [-0.05, 0) is 37.3 Å². The van der Waals surface area contributed by atoms with Crippen LogP contribution in [0.1, 0.15) is 11.1 Å². The predicted molar refractivity (Wildman–Crippen MR) is 89.5 cm³/mol. The van der Waals surface area contributed by atoms with Gasteiger partial charge < -0.3 is 15.4 Å². The Bertz CT molecular complexity index is 764. The summed E-state index contributed by atoms with van der Waals surface area (Å²) in [6, 6.07) is 15.8. The maximum Gasteiger partial charge on any atom is 0.258 e. The fourth-order valence-electron chi connectivity index (χ4n) is 1.88. The van der Waals surface area contributed by atoms with Crippen LogP contribution in [0.4, 0.5) is 5.69 Å². The van der Waals surface area contributed by atoms with E-state index in [0.29, 0.717) is 17.0 Å². The fourth-order valence-corrected chi connectivity index (χ4v) is 1.88. The molecule has 0 heterocycles. The molecule has 2 aromatic carbocycles. The summed E-state index contributed by atoms with van der Waals surface area (Å²) in [5.74, 6) is -0.182. The average Bonchev–Trinajstić information content (AvgIpc) is 2.59. The van der Waals surface area contributed by atoms with Gasteiger partial charge in [-0.3, -0.25) is 9.59 Å². The number of carbonyl (C=O) groups excluding carboxylic acids is 2. The smallest absolute Gasteiger partial charge is 0.258 e. The SMILES string of the molecule is Cc1ccc(OCC(=O)NCC(=O)Nc2cccc(C#N)c2)cc1. The highest BCUT2D eigenvalue weighted by molar-refractivity contribution is 5.94. The highest BCUT2D eigenvalue weighted by atomic mass is 16.5. The molecule has 6 nitrogen and oxygen atoms in total. The van der Waals surface area contributed by atoms with Crippen LogP contribution in [0.3, 0.4) is 0 Å². The molecule has 0 aliphatic heterocycles. The Labute approximate surface area is 140 Å². The van der Waals surface area contributed by atoms with Gasteiger partial charge >= 0.3 is 0 Å². The van der Waals surface area contributed by atoms with Gasteiger partial charge in [-0.15, -0.1) is 0 Å². The molecule has 2 rings (SSSR count). The molecule has 0 unspecified atom stereocenters. The summed E-state index contributed by atoms with van der Waals surface area (Å²) >= 11 is 0. The summed E-state index contributed by atoms with van der Waals surface area (Å²) in [5.41, 5.74) is 2.05. The van der Waals surface area contributed by atoms with Crippen molar-refractivity contribution in [1.29, 1.82) is 5.26 Å². The quantitative estimate of drug-likeness (QED) is 0.850. The maximum absolute atomic E-state index is 11.8. The largest absolute Gasteiger partial charge is 0.484 e. The first-order valence-electron chi connectivity index (χ1n) is 7.33. The predicted octanol–water partition coefficient (Wildman–Crippen LogP) is 2.00. The minimum Gasteiger partial charge on any atom is -0.484 e. The number of hydrogen-bond acceptors (Lipinski definition) is 4. The highest BCUT2D eigenvalue weighted by Crippen LogP contribution is 2.11. The molecule has 122 valence electrons. The Morgan fingerprint density at radius 2 is 1.88 bits per heavy atom. The molecule has 0 saturated heterocycles. The van der Waals surface area contributed by atoms with E-state index in [1.54, 1.807) is 36.4 Å². The van der Waals surface area contributed by atoms with Crippen LogP contribution >= 0.6 is 0 Å². The summed E-state index contributed by atoms with van der Waals surface area (Å²) < 4.78 is 5.32. The zero-order chi connectivity index (χ0) is 17.4. The van der Waals surface area contributed by atoms with Crippen molar-refractivity contribution < 1.29 is 14.3 Å². The molecular formula is C18H17N3O3. The molecule has 24 heavy (non-hydrogen) atoms. The van der Waals surface area contributed by atoms with Crippen LogP contribution in [0.25, 0.3) is 0 Å². The van der Waals surface area contributed by atoms with Crippen molar-refractivity contribution in [2.45, 2.75) is 6.92 Å². The number of aryl methyl sites for hydroxylation is 1.